The summed E-state index contributed by atoms with van der Waals surface area (Å²) in [6.07, 6.45) is 1.33. The van der Waals surface area contributed by atoms with E-state index in [0.29, 0.717) is 18.0 Å². The molecule has 2 aromatic rings. The van der Waals surface area contributed by atoms with E-state index in [1.54, 1.807) is 6.92 Å². The van der Waals surface area contributed by atoms with Gasteiger partial charge in [0.25, 0.3) is 15.4 Å². The number of carbonyl (C=O) groups excluding carboxylic acids is 1. The van der Waals surface area contributed by atoms with E-state index >= 15 is 0 Å². The zero-order chi connectivity index (χ0) is 26.2. The van der Waals surface area contributed by atoms with Crippen LogP contribution in [0.2, 0.25) is 0 Å². The number of ether oxygens (including phenoxy) is 2. The lowest BCUT2D eigenvalue weighted by atomic mass is 9.97. The molecule has 0 aliphatic heterocycles. The fraction of sp³-hybridized carbons (Fsp3) is 0.435. The molecule has 2 rings (SSSR count). The van der Waals surface area contributed by atoms with Crippen LogP contribution in [0.1, 0.15) is 33.6 Å². The Morgan fingerprint density at radius 2 is 1.86 bits per heavy atom. The number of rotatable bonds is 13. The molecule has 0 saturated heterocycles. The highest BCUT2D eigenvalue weighted by Gasteiger charge is 2.23. The van der Waals surface area contributed by atoms with Gasteiger partial charge in [0.1, 0.15) is 16.4 Å². The van der Waals surface area contributed by atoms with Crippen molar-refractivity contribution >= 4 is 45.8 Å². The van der Waals surface area contributed by atoms with Gasteiger partial charge in [-0.05, 0) is 62.0 Å². The van der Waals surface area contributed by atoms with E-state index in [-0.39, 0.29) is 41.2 Å². The monoisotopic (exact) mass is 546 g/mol. The maximum absolute atomic E-state index is 13.7. The number of anilines is 2. The van der Waals surface area contributed by atoms with Gasteiger partial charge in [0.2, 0.25) is 5.91 Å². The summed E-state index contributed by atoms with van der Waals surface area (Å²) in [4.78, 5) is 12.5. The lowest BCUT2D eigenvalue weighted by Crippen LogP contribution is -2.26. The minimum atomic E-state index is -4.10. The third-order valence-electron chi connectivity index (χ3n) is 4.84. The summed E-state index contributed by atoms with van der Waals surface area (Å²) < 4.78 is 53.0. The molecule has 3 unspecified atom stereocenters. The molecular formula is C23H33FN2O6P2S. The maximum atomic E-state index is 13.7. The van der Waals surface area contributed by atoms with E-state index in [4.69, 9.17) is 9.47 Å². The molecule has 8 nitrogen and oxygen atoms in total. The lowest BCUT2D eigenvalue weighted by Gasteiger charge is -2.18. The van der Waals surface area contributed by atoms with Gasteiger partial charge in [-0.3, -0.25) is 9.52 Å². The molecule has 35 heavy (non-hydrogen) atoms. The summed E-state index contributed by atoms with van der Waals surface area (Å²) in [7, 11) is -0.367. The smallest absolute Gasteiger partial charge is 0.270 e. The van der Waals surface area contributed by atoms with E-state index < -0.39 is 21.3 Å². The van der Waals surface area contributed by atoms with Crippen LogP contribution in [0.15, 0.2) is 47.4 Å². The van der Waals surface area contributed by atoms with Gasteiger partial charge in [-0.2, -0.15) is 4.39 Å². The highest BCUT2D eigenvalue weighted by Crippen LogP contribution is 2.34. The summed E-state index contributed by atoms with van der Waals surface area (Å²) in [5.41, 5.74) is 0.508. The van der Waals surface area contributed by atoms with Crippen LogP contribution in [-0.4, -0.2) is 38.0 Å². The molecule has 0 saturated carbocycles. The average molecular weight is 547 g/mol. The Kier molecular flexibility index (Phi) is 10.7. The molecule has 194 valence electrons. The number of benzene rings is 2. The van der Waals surface area contributed by atoms with Crippen LogP contribution in [0.25, 0.3) is 0 Å². The Morgan fingerprint density at radius 1 is 1.14 bits per heavy atom. The number of carbonyl (C=O) groups is 1. The first-order valence-corrected chi connectivity index (χ1v) is 13.8. The second-order valence-corrected chi connectivity index (χ2v) is 12.3. The number of aliphatic hydroxyl groups excluding tert-OH is 1. The Bertz CT molecular complexity index is 1110. The SMILES string of the molecule is CCOc1cc(NC(=O)C(CO)CCC(C)C)ccc1S(=O)(=O)Nc1cccc(OC(F)(P)P)c1. The van der Waals surface area contributed by atoms with Crippen molar-refractivity contribution in [1.29, 1.82) is 0 Å². The van der Waals surface area contributed by atoms with Gasteiger partial charge < -0.3 is 19.9 Å². The fourth-order valence-electron chi connectivity index (χ4n) is 3.17. The average Bonchev–Trinajstić information content (AvgIpc) is 2.73. The highest BCUT2D eigenvalue weighted by molar-refractivity contribution is 7.92. The van der Waals surface area contributed by atoms with Gasteiger partial charge in [-0.25, -0.2) is 8.42 Å². The van der Waals surface area contributed by atoms with Crippen molar-refractivity contribution in [3.8, 4) is 11.5 Å². The third-order valence-corrected chi connectivity index (χ3v) is 6.50. The first kappa shape index (κ1) is 29.2. The van der Waals surface area contributed by atoms with E-state index in [2.05, 4.69) is 10.0 Å². The number of hydrogen-bond acceptors (Lipinski definition) is 6. The van der Waals surface area contributed by atoms with Crippen molar-refractivity contribution < 1.29 is 32.2 Å². The van der Waals surface area contributed by atoms with E-state index in [0.717, 1.165) is 6.42 Å². The van der Waals surface area contributed by atoms with Gasteiger partial charge in [0, 0.05) is 17.8 Å². The molecule has 0 aliphatic rings. The van der Waals surface area contributed by atoms with Crippen LogP contribution in [0.4, 0.5) is 15.8 Å². The second-order valence-electron chi connectivity index (χ2n) is 8.37. The van der Waals surface area contributed by atoms with Gasteiger partial charge in [0.05, 0.1) is 24.8 Å². The summed E-state index contributed by atoms with van der Waals surface area (Å²) >= 11 is 0. The van der Waals surface area contributed by atoms with E-state index in [1.807, 2.05) is 32.3 Å². The first-order chi connectivity index (χ1) is 16.3. The van der Waals surface area contributed by atoms with Crippen LogP contribution in [0.5, 0.6) is 11.5 Å². The summed E-state index contributed by atoms with van der Waals surface area (Å²) in [6, 6.07) is 10.1. The first-order valence-electron chi connectivity index (χ1n) is 11.1. The predicted molar refractivity (Wildman–Crippen MR) is 142 cm³/mol. The number of sulfonamides is 1. The van der Waals surface area contributed by atoms with Crippen molar-refractivity contribution in [3.63, 3.8) is 0 Å². The van der Waals surface area contributed by atoms with E-state index in [1.165, 1.54) is 42.5 Å². The maximum Gasteiger partial charge on any atom is 0.270 e. The number of alkyl halides is 1. The van der Waals surface area contributed by atoms with Crippen LogP contribution < -0.4 is 19.5 Å². The Balaban J connectivity index is 2.25. The van der Waals surface area contributed by atoms with Crippen molar-refractivity contribution in [1.82, 2.24) is 0 Å². The molecule has 0 fully saturated rings. The summed E-state index contributed by atoms with van der Waals surface area (Å²) in [5.74, 6) is -0.360. The standard InChI is InChI=1S/C23H33FN2O6P2S/c1-4-31-20-13-17(25-22(28)16(14-27)9-8-15(2)3)10-11-21(20)35(29,30)26-18-6-5-7-19(12-18)32-23(24,33)34/h5-7,10-13,15-16,26-27H,4,8-9,14,33-34H2,1-3H3,(H,25,28). The minimum absolute atomic E-state index is 0.0469. The van der Waals surface area contributed by atoms with Crippen LogP contribution in [0, 0.1) is 11.8 Å². The Labute approximate surface area is 210 Å². The zero-order valence-electron chi connectivity index (χ0n) is 20.0. The fourth-order valence-corrected chi connectivity index (χ4v) is 4.62. The molecule has 3 N–H and O–H groups in total. The molecule has 12 heteroatoms. The quantitative estimate of drug-likeness (QED) is 0.317. The summed E-state index contributed by atoms with van der Waals surface area (Å²) in [6.45, 7) is 5.69. The second kappa shape index (κ2) is 12.8. The molecule has 1 amide bonds. The molecule has 0 bridgehead atoms. The van der Waals surface area contributed by atoms with Crippen molar-refractivity contribution in [2.24, 2.45) is 11.8 Å². The number of hydrogen-bond donors (Lipinski definition) is 3. The molecule has 0 aliphatic carbocycles. The van der Waals surface area contributed by atoms with Crippen LogP contribution in [0.3, 0.4) is 0 Å². The highest BCUT2D eigenvalue weighted by atomic mass is 32.2. The molecule has 2 aromatic carbocycles. The minimum Gasteiger partial charge on any atom is -0.492 e. The van der Waals surface area contributed by atoms with Gasteiger partial charge in [-0.15, -0.1) is 0 Å². The van der Waals surface area contributed by atoms with E-state index in [9.17, 15) is 22.7 Å². The normalized spacial score (nSPS) is 12.8. The lowest BCUT2D eigenvalue weighted by molar-refractivity contribution is -0.121. The predicted octanol–water partition coefficient (Wildman–Crippen LogP) is 4.58. The number of halogens is 1. The van der Waals surface area contributed by atoms with Gasteiger partial charge >= 0.3 is 0 Å². The Morgan fingerprint density at radius 3 is 2.46 bits per heavy atom. The Hall–Kier alpha value is -1.99. The number of amides is 1. The third kappa shape index (κ3) is 9.53. The van der Waals surface area contributed by atoms with Crippen LogP contribution >= 0.6 is 18.5 Å². The molecular weight excluding hydrogens is 513 g/mol. The largest absolute Gasteiger partial charge is 0.492 e. The number of aliphatic hydroxyl groups is 1. The van der Waals surface area contributed by atoms with Crippen molar-refractivity contribution in [2.45, 2.75) is 43.8 Å². The number of nitrogens with one attached hydrogen (secondary N) is 2. The topological polar surface area (TPSA) is 114 Å². The zero-order valence-corrected chi connectivity index (χ0v) is 23.1. The van der Waals surface area contributed by atoms with Crippen molar-refractivity contribution in [2.75, 3.05) is 23.3 Å². The van der Waals surface area contributed by atoms with Crippen molar-refractivity contribution in [3.05, 3.63) is 42.5 Å². The summed E-state index contributed by atoms with van der Waals surface area (Å²) in [5, 5.41) is 10.2. The molecule has 0 heterocycles. The van der Waals surface area contributed by atoms with Gasteiger partial charge in [0.15, 0.2) is 0 Å². The molecule has 0 aromatic heterocycles. The molecule has 0 radical (unpaired) electrons. The van der Waals surface area contributed by atoms with Crippen LogP contribution in [-0.2, 0) is 14.8 Å². The molecule has 0 spiro atoms. The van der Waals surface area contributed by atoms with Gasteiger partial charge in [-0.1, -0.05) is 26.3 Å². The molecule has 3 atom stereocenters.